The zero-order chi connectivity index (χ0) is 21.4. The molecule has 156 valence electrons. The quantitative estimate of drug-likeness (QED) is 0.806. The van der Waals surface area contributed by atoms with Gasteiger partial charge in [0.05, 0.1) is 5.52 Å². The molecule has 0 atom stereocenters. The van der Waals surface area contributed by atoms with Crippen molar-refractivity contribution in [2.45, 2.75) is 52.9 Å². The Morgan fingerprint density at radius 2 is 1.57 bits per heavy atom. The van der Waals surface area contributed by atoms with Gasteiger partial charge in [-0.2, -0.15) is 0 Å². The second-order valence-electron chi connectivity index (χ2n) is 8.39. The molecule has 2 aromatic rings. The van der Waals surface area contributed by atoms with Crippen molar-refractivity contribution >= 4 is 28.3 Å². The van der Waals surface area contributed by atoms with E-state index in [4.69, 9.17) is 4.98 Å². The molecule has 0 radical (unpaired) electrons. The van der Waals surface area contributed by atoms with Gasteiger partial charge in [0.15, 0.2) is 11.6 Å². The molecular formula is C25H29N3O2. The number of nitrogens with one attached hydrogen (secondary N) is 1. The SMILES string of the molecule is CC(=O)C1=C(C)NC(C)=C(C(C)=O)C1c1cc2ccccc2nc1N1CCCCC1. The number of Topliss-reactive ketones (excluding diaryl/α,β-unsaturated/α-hetero) is 2. The second-order valence-corrected chi connectivity index (χ2v) is 8.39. The number of benzene rings is 1. The predicted octanol–water partition coefficient (Wildman–Crippen LogP) is 4.64. The Hall–Kier alpha value is -2.95. The maximum atomic E-state index is 12.8. The van der Waals surface area contributed by atoms with Crippen LogP contribution in [-0.2, 0) is 9.59 Å². The number of dihydropyridines is 1. The summed E-state index contributed by atoms with van der Waals surface area (Å²) in [6, 6.07) is 10.2. The fraction of sp³-hybridized carbons (Fsp3) is 0.400. The number of rotatable bonds is 4. The fourth-order valence-electron chi connectivity index (χ4n) is 4.93. The highest BCUT2D eigenvalue weighted by Gasteiger charge is 2.36. The highest BCUT2D eigenvalue weighted by Crippen LogP contribution is 2.43. The van der Waals surface area contributed by atoms with Crippen LogP contribution in [0, 0.1) is 0 Å². The van der Waals surface area contributed by atoms with E-state index in [1.165, 1.54) is 6.42 Å². The molecule has 0 unspecified atom stereocenters. The lowest BCUT2D eigenvalue weighted by Gasteiger charge is -2.35. The maximum Gasteiger partial charge on any atom is 0.158 e. The maximum absolute atomic E-state index is 12.8. The molecule has 0 aliphatic carbocycles. The van der Waals surface area contributed by atoms with Crippen LogP contribution in [0.3, 0.4) is 0 Å². The minimum Gasteiger partial charge on any atom is -0.362 e. The molecule has 4 rings (SSSR count). The zero-order valence-corrected chi connectivity index (χ0v) is 18.2. The van der Waals surface area contributed by atoms with Crippen molar-refractivity contribution in [2.24, 2.45) is 0 Å². The van der Waals surface area contributed by atoms with Gasteiger partial charge in [0.1, 0.15) is 5.82 Å². The van der Waals surface area contributed by atoms with Gasteiger partial charge in [-0.3, -0.25) is 9.59 Å². The summed E-state index contributed by atoms with van der Waals surface area (Å²) >= 11 is 0. The topological polar surface area (TPSA) is 62.3 Å². The Morgan fingerprint density at radius 1 is 0.967 bits per heavy atom. The lowest BCUT2D eigenvalue weighted by molar-refractivity contribution is -0.114. The van der Waals surface area contributed by atoms with Crippen LogP contribution in [0.25, 0.3) is 10.9 Å². The van der Waals surface area contributed by atoms with Crippen LogP contribution in [0.15, 0.2) is 52.9 Å². The number of hydrogen-bond acceptors (Lipinski definition) is 5. The van der Waals surface area contributed by atoms with Gasteiger partial charge in [-0.15, -0.1) is 0 Å². The van der Waals surface area contributed by atoms with E-state index in [0.29, 0.717) is 11.1 Å². The van der Waals surface area contributed by atoms with Crippen molar-refractivity contribution in [2.75, 3.05) is 18.0 Å². The van der Waals surface area contributed by atoms with Gasteiger partial charge in [0.25, 0.3) is 0 Å². The van der Waals surface area contributed by atoms with E-state index in [9.17, 15) is 9.59 Å². The van der Waals surface area contributed by atoms with Crippen molar-refractivity contribution in [3.05, 3.63) is 58.4 Å². The van der Waals surface area contributed by atoms with Crippen LogP contribution in [0.1, 0.15) is 58.4 Å². The van der Waals surface area contributed by atoms with Gasteiger partial charge >= 0.3 is 0 Å². The van der Waals surface area contributed by atoms with E-state index in [1.807, 2.05) is 38.1 Å². The first-order valence-corrected chi connectivity index (χ1v) is 10.7. The van der Waals surface area contributed by atoms with Crippen LogP contribution < -0.4 is 10.2 Å². The Kier molecular flexibility index (Phi) is 5.46. The first-order chi connectivity index (χ1) is 14.4. The summed E-state index contributed by atoms with van der Waals surface area (Å²) in [5, 5.41) is 4.28. The van der Waals surface area contributed by atoms with Crippen LogP contribution in [-0.4, -0.2) is 29.6 Å². The molecule has 0 saturated carbocycles. The number of ketones is 2. The normalized spacial score (nSPS) is 18.1. The number of piperidine rings is 1. The van der Waals surface area contributed by atoms with E-state index >= 15 is 0 Å². The van der Waals surface area contributed by atoms with Crippen LogP contribution in [0.2, 0.25) is 0 Å². The number of allylic oxidation sites excluding steroid dienone is 4. The Morgan fingerprint density at radius 3 is 2.17 bits per heavy atom. The largest absolute Gasteiger partial charge is 0.362 e. The molecule has 1 aromatic heterocycles. The molecular weight excluding hydrogens is 374 g/mol. The molecule has 1 saturated heterocycles. The molecule has 2 aliphatic heterocycles. The predicted molar refractivity (Wildman–Crippen MR) is 120 cm³/mol. The monoisotopic (exact) mass is 403 g/mol. The zero-order valence-electron chi connectivity index (χ0n) is 18.2. The lowest BCUT2D eigenvalue weighted by Crippen LogP contribution is -2.34. The Labute approximate surface area is 177 Å². The summed E-state index contributed by atoms with van der Waals surface area (Å²) in [5.74, 6) is 0.455. The first-order valence-electron chi connectivity index (χ1n) is 10.7. The third-order valence-electron chi connectivity index (χ3n) is 6.22. The van der Waals surface area contributed by atoms with Gasteiger partial charge in [0.2, 0.25) is 0 Å². The molecule has 30 heavy (non-hydrogen) atoms. The molecule has 1 aromatic carbocycles. The first kappa shape index (κ1) is 20.3. The second kappa shape index (κ2) is 8.05. The van der Waals surface area contributed by atoms with Crippen molar-refractivity contribution in [1.82, 2.24) is 10.3 Å². The molecule has 5 heteroatoms. The fourth-order valence-corrected chi connectivity index (χ4v) is 4.93. The van der Waals surface area contributed by atoms with E-state index in [0.717, 1.165) is 59.6 Å². The van der Waals surface area contributed by atoms with Crippen LogP contribution >= 0.6 is 0 Å². The van der Waals surface area contributed by atoms with E-state index in [2.05, 4.69) is 16.3 Å². The number of hydrogen-bond donors (Lipinski definition) is 1. The highest BCUT2D eigenvalue weighted by atomic mass is 16.1. The van der Waals surface area contributed by atoms with Gasteiger partial charge in [-0.1, -0.05) is 18.2 Å². The number of nitrogens with zero attached hydrogens (tertiary/aromatic N) is 2. The molecule has 0 bridgehead atoms. The third-order valence-corrected chi connectivity index (χ3v) is 6.22. The summed E-state index contributed by atoms with van der Waals surface area (Å²) in [7, 11) is 0. The van der Waals surface area contributed by atoms with Gasteiger partial charge in [-0.05, 0) is 59.1 Å². The summed E-state index contributed by atoms with van der Waals surface area (Å²) in [5.41, 5.74) is 4.82. The molecule has 1 N–H and O–H groups in total. The van der Waals surface area contributed by atoms with Gasteiger partial charge in [0, 0.05) is 52.5 Å². The third kappa shape index (κ3) is 3.53. The highest BCUT2D eigenvalue weighted by molar-refractivity contribution is 6.04. The molecule has 1 fully saturated rings. The molecule has 3 heterocycles. The Bertz CT molecular complexity index is 1050. The number of fused-ring (bicyclic) bond motifs is 1. The number of carbonyl (C=O) groups excluding carboxylic acids is 2. The van der Waals surface area contributed by atoms with Crippen molar-refractivity contribution < 1.29 is 9.59 Å². The standard InChI is InChI=1S/C25H29N3O2/c1-15-22(17(3)29)24(23(18(4)30)16(2)26-15)20-14-19-10-6-7-11-21(19)27-25(20)28-12-8-5-9-13-28/h6-7,10-11,14,24,26H,5,8-9,12-13H2,1-4H3. The number of para-hydroxylation sites is 1. The Balaban J connectivity index is 2.01. The smallest absolute Gasteiger partial charge is 0.158 e. The van der Waals surface area contributed by atoms with Crippen molar-refractivity contribution in [3.8, 4) is 0 Å². The van der Waals surface area contributed by atoms with Crippen molar-refractivity contribution in [1.29, 1.82) is 0 Å². The molecule has 0 amide bonds. The number of pyridine rings is 1. The van der Waals surface area contributed by atoms with Gasteiger partial charge < -0.3 is 10.2 Å². The van der Waals surface area contributed by atoms with E-state index < -0.39 is 5.92 Å². The minimum absolute atomic E-state index is 0.0194. The van der Waals surface area contributed by atoms with Crippen LogP contribution in [0.4, 0.5) is 5.82 Å². The number of anilines is 1. The average molecular weight is 404 g/mol. The number of aromatic nitrogens is 1. The molecule has 2 aliphatic rings. The summed E-state index contributed by atoms with van der Waals surface area (Å²) in [6.07, 6.45) is 3.48. The average Bonchev–Trinajstić information content (AvgIpc) is 2.72. The molecule has 0 spiro atoms. The summed E-state index contributed by atoms with van der Waals surface area (Å²) in [6.45, 7) is 8.89. The summed E-state index contributed by atoms with van der Waals surface area (Å²) < 4.78 is 0. The van der Waals surface area contributed by atoms with Crippen LogP contribution in [0.5, 0.6) is 0 Å². The van der Waals surface area contributed by atoms with Crippen molar-refractivity contribution in [3.63, 3.8) is 0 Å². The van der Waals surface area contributed by atoms with Gasteiger partial charge in [-0.25, -0.2) is 4.98 Å². The summed E-state index contributed by atoms with van der Waals surface area (Å²) in [4.78, 5) is 32.9. The minimum atomic E-state index is -0.407. The van der Waals surface area contributed by atoms with E-state index in [1.54, 1.807) is 13.8 Å². The molecule has 5 nitrogen and oxygen atoms in total. The van der Waals surface area contributed by atoms with E-state index in [-0.39, 0.29) is 11.6 Å². The lowest BCUT2D eigenvalue weighted by atomic mass is 9.77. The number of carbonyl (C=O) groups is 2.